The van der Waals surface area contributed by atoms with Crippen LogP contribution in [0.4, 0.5) is 0 Å². The number of hydrogen-bond donors (Lipinski definition) is 1. The lowest BCUT2D eigenvalue weighted by Crippen LogP contribution is -2.52. The van der Waals surface area contributed by atoms with Gasteiger partial charge in [-0.2, -0.15) is 0 Å². The first-order valence-electron chi connectivity index (χ1n) is 7.18. The summed E-state index contributed by atoms with van der Waals surface area (Å²) < 4.78 is 0. The topological polar surface area (TPSA) is 29.3 Å². The highest BCUT2D eigenvalue weighted by Crippen LogP contribution is 2.33. The Labute approximate surface area is 101 Å². The highest BCUT2D eigenvalue weighted by Gasteiger charge is 2.33. The number of piperidine rings is 1. The molecule has 3 unspecified atom stereocenters. The van der Waals surface area contributed by atoms with Crippen molar-refractivity contribution in [1.29, 1.82) is 0 Å². The van der Waals surface area contributed by atoms with E-state index in [0.717, 1.165) is 24.4 Å². The molecular formula is C14H28N2. The largest absolute Gasteiger partial charge is 0.329 e. The molecular weight excluding hydrogens is 196 g/mol. The van der Waals surface area contributed by atoms with Gasteiger partial charge in [0, 0.05) is 18.6 Å². The van der Waals surface area contributed by atoms with Crippen LogP contribution in [-0.4, -0.2) is 30.1 Å². The van der Waals surface area contributed by atoms with E-state index >= 15 is 0 Å². The Morgan fingerprint density at radius 2 is 1.88 bits per heavy atom. The van der Waals surface area contributed by atoms with Crippen molar-refractivity contribution < 1.29 is 0 Å². The fourth-order valence-corrected chi connectivity index (χ4v) is 3.86. The van der Waals surface area contributed by atoms with Gasteiger partial charge in [-0.25, -0.2) is 0 Å². The Morgan fingerprint density at radius 3 is 2.44 bits per heavy atom. The van der Waals surface area contributed by atoms with Gasteiger partial charge in [0.15, 0.2) is 0 Å². The van der Waals surface area contributed by atoms with Crippen LogP contribution in [0.3, 0.4) is 0 Å². The molecule has 0 amide bonds. The molecule has 16 heavy (non-hydrogen) atoms. The lowest BCUT2D eigenvalue weighted by atomic mass is 9.88. The molecule has 2 heteroatoms. The van der Waals surface area contributed by atoms with Crippen LogP contribution in [0.15, 0.2) is 0 Å². The predicted octanol–water partition coefficient (Wildman–Crippen LogP) is 2.62. The molecule has 0 radical (unpaired) electrons. The number of hydrogen-bond acceptors (Lipinski definition) is 2. The number of nitrogens with two attached hydrogens (primary N) is 1. The summed E-state index contributed by atoms with van der Waals surface area (Å²) in [5, 5.41) is 0. The van der Waals surface area contributed by atoms with Crippen LogP contribution in [0, 0.1) is 11.8 Å². The summed E-state index contributed by atoms with van der Waals surface area (Å²) in [4.78, 5) is 2.72. The monoisotopic (exact) mass is 224 g/mol. The first-order chi connectivity index (χ1) is 7.72. The molecule has 3 atom stereocenters. The molecule has 0 aromatic heterocycles. The standard InChI is InChI=1S/C14H28N2/c1-11-7-8-16(12(2)9-11)14(10-15)13-5-3-4-6-13/h11-14H,3-10,15H2,1-2H3. The number of nitrogens with zero attached hydrogens (tertiary/aromatic N) is 1. The Hall–Kier alpha value is -0.0800. The van der Waals surface area contributed by atoms with E-state index in [2.05, 4.69) is 18.7 Å². The molecule has 1 heterocycles. The van der Waals surface area contributed by atoms with Crippen LogP contribution in [0.25, 0.3) is 0 Å². The highest BCUT2D eigenvalue weighted by atomic mass is 15.2. The van der Waals surface area contributed by atoms with Crippen molar-refractivity contribution in [2.24, 2.45) is 17.6 Å². The van der Waals surface area contributed by atoms with Crippen molar-refractivity contribution in [3.8, 4) is 0 Å². The number of likely N-dealkylation sites (tertiary alicyclic amines) is 1. The Morgan fingerprint density at radius 1 is 1.19 bits per heavy atom. The van der Waals surface area contributed by atoms with E-state index < -0.39 is 0 Å². The third kappa shape index (κ3) is 2.60. The zero-order valence-corrected chi connectivity index (χ0v) is 11.0. The van der Waals surface area contributed by atoms with E-state index in [-0.39, 0.29) is 0 Å². The van der Waals surface area contributed by atoms with Crippen LogP contribution >= 0.6 is 0 Å². The molecule has 2 fully saturated rings. The molecule has 1 aliphatic heterocycles. The Kier molecular flexibility index (Phi) is 4.26. The average molecular weight is 224 g/mol. The normalized spacial score (nSPS) is 35.4. The summed E-state index contributed by atoms with van der Waals surface area (Å²) in [6.45, 7) is 6.93. The van der Waals surface area contributed by atoms with Gasteiger partial charge < -0.3 is 5.73 Å². The molecule has 0 aromatic rings. The maximum Gasteiger partial charge on any atom is 0.0249 e. The minimum absolute atomic E-state index is 0.671. The SMILES string of the molecule is CC1CCN(C(CN)C2CCCC2)C(C)C1. The molecule has 0 aromatic carbocycles. The third-order valence-corrected chi connectivity index (χ3v) is 4.80. The van der Waals surface area contributed by atoms with E-state index in [0.29, 0.717) is 6.04 Å². The van der Waals surface area contributed by atoms with Gasteiger partial charge in [0.1, 0.15) is 0 Å². The molecule has 2 rings (SSSR count). The molecule has 2 nitrogen and oxygen atoms in total. The van der Waals surface area contributed by atoms with E-state index in [9.17, 15) is 0 Å². The molecule has 94 valence electrons. The van der Waals surface area contributed by atoms with Crippen LogP contribution in [0.5, 0.6) is 0 Å². The van der Waals surface area contributed by atoms with Crippen LogP contribution in [0.1, 0.15) is 52.4 Å². The second-order valence-corrected chi connectivity index (χ2v) is 6.06. The van der Waals surface area contributed by atoms with Gasteiger partial charge in [0.25, 0.3) is 0 Å². The maximum atomic E-state index is 6.04. The van der Waals surface area contributed by atoms with Gasteiger partial charge >= 0.3 is 0 Å². The maximum absolute atomic E-state index is 6.04. The molecule has 0 bridgehead atoms. The summed E-state index contributed by atoms with van der Waals surface area (Å²) in [7, 11) is 0. The van der Waals surface area contributed by atoms with Gasteiger partial charge in [0.2, 0.25) is 0 Å². The average Bonchev–Trinajstić information content (AvgIpc) is 2.75. The second kappa shape index (κ2) is 5.50. The zero-order valence-electron chi connectivity index (χ0n) is 11.0. The van der Waals surface area contributed by atoms with Gasteiger partial charge in [-0.3, -0.25) is 4.90 Å². The first-order valence-corrected chi connectivity index (χ1v) is 7.18. The smallest absolute Gasteiger partial charge is 0.0249 e. The minimum atomic E-state index is 0.671. The summed E-state index contributed by atoms with van der Waals surface area (Å²) in [5.41, 5.74) is 6.04. The van der Waals surface area contributed by atoms with Crippen LogP contribution in [0.2, 0.25) is 0 Å². The Balaban J connectivity index is 1.97. The molecule has 1 saturated carbocycles. The van der Waals surface area contributed by atoms with Crippen molar-refractivity contribution in [1.82, 2.24) is 4.90 Å². The van der Waals surface area contributed by atoms with Crippen molar-refractivity contribution in [2.75, 3.05) is 13.1 Å². The van der Waals surface area contributed by atoms with Crippen LogP contribution in [-0.2, 0) is 0 Å². The second-order valence-electron chi connectivity index (χ2n) is 6.06. The van der Waals surface area contributed by atoms with Crippen LogP contribution < -0.4 is 5.73 Å². The van der Waals surface area contributed by atoms with Gasteiger partial charge in [-0.1, -0.05) is 19.8 Å². The van der Waals surface area contributed by atoms with Gasteiger partial charge in [-0.15, -0.1) is 0 Å². The lowest BCUT2D eigenvalue weighted by Gasteiger charge is -2.43. The fourth-order valence-electron chi connectivity index (χ4n) is 3.86. The summed E-state index contributed by atoms with van der Waals surface area (Å²) in [5.74, 6) is 1.80. The van der Waals surface area contributed by atoms with Crippen molar-refractivity contribution in [2.45, 2.75) is 64.5 Å². The lowest BCUT2D eigenvalue weighted by molar-refractivity contribution is 0.0565. The molecule has 2 aliphatic rings. The predicted molar refractivity (Wildman–Crippen MR) is 69.4 cm³/mol. The van der Waals surface area contributed by atoms with Crippen molar-refractivity contribution in [3.05, 3.63) is 0 Å². The third-order valence-electron chi connectivity index (χ3n) is 4.80. The fraction of sp³-hybridized carbons (Fsp3) is 1.00. The highest BCUT2D eigenvalue weighted by molar-refractivity contribution is 4.89. The van der Waals surface area contributed by atoms with Crippen molar-refractivity contribution in [3.63, 3.8) is 0 Å². The minimum Gasteiger partial charge on any atom is -0.329 e. The quantitative estimate of drug-likeness (QED) is 0.798. The zero-order chi connectivity index (χ0) is 11.5. The summed E-state index contributed by atoms with van der Waals surface area (Å²) in [6.07, 6.45) is 8.43. The van der Waals surface area contributed by atoms with E-state index in [1.165, 1.54) is 45.1 Å². The molecule has 0 spiro atoms. The summed E-state index contributed by atoms with van der Waals surface area (Å²) in [6, 6.07) is 1.42. The summed E-state index contributed by atoms with van der Waals surface area (Å²) >= 11 is 0. The van der Waals surface area contributed by atoms with E-state index in [1.54, 1.807) is 0 Å². The molecule has 1 aliphatic carbocycles. The first kappa shape index (κ1) is 12.4. The van der Waals surface area contributed by atoms with E-state index in [1.807, 2.05) is 0 Å². The molecule has 2 N–H and O–H groups in total. The van der Waals surface area contributed by atoms with E-state index in [4.69, 9.17) is 5.73 Å². The Bertz CT molecular complexity index is 211. The van der Waals surface area contributed by atoms with Gasteiger partial charge in [-0.05, 0) is 51.0 Å². The number of rotatable bonds is 3. The van der Waals surface area contributed by atoms with Gasteiger partial charge in [0.05, 0.1) is 0 Å². The molecule has 1 saturated heterocycles. The van der Waals surface area contributed by atoms with Crippen molar-refractivity contribution >= 4 is 0 Å².